The quantitative estimate of drug-likeness (QED) is 0.615. The van der Waals surface area contributed by atoms with Gasteiger partial charge in [-0.25, -0.2) is 0 Å². The zero-order chi connectivity index (χ0) is 12.6. The fourth-order valence-electron chi connectivity index (χ4n) is 2.29. The molecule has 102 valence electrons. The average molecular weight is 243 g/mol. The summed E-state index contributed by atoms with van der Waals surface area (Å²) in [6, 6.07) is 0. The Morgan fingerprint density at radius 2 is 1.94 bits per heavy atom. The summed E-state index contributed by atoms with van der Waals surface area (Å²) in [5.41, 5.74) is 0.316. The summed E-state index contributed by atoms with van der Waals surface area (Å²) >= 11 is 0. The summed E-state index contributed by atoms with van der Waals surface area (Å²) in [6.07, 6.45) is 2.31. The Bertz CT molecular complexity index is 191. The monoisotopic (exact) mass is 243 g/mol. The lowest BCUT2D eigenvalue weighted by molar-refractivity contribution is 0.0954. The molecule has 0 atom stereocenters. The van der Waals surface area contributed by atoms with Gasteiger partial charge in [-0.1, -0.05) is 0 Å². The van der Waals surface area contributed by atoms with E-state index in [9.17, 15) is 0 Å². The topological polar surface area (TPSA) is 36.5 Å². The van der Waals surface area contributed by atoms with Gasteiger partial charge < -0.3 is 15.4 Å². The second-order valence-corrected chi connectivity index (χ2v) is 5.40. The molecule has 1 rings (SSSR count). The van der Waals surface area contributed by atoms with Gasteiger partial charge in [0, 0.05) is 45.4 Å². The van der Waals surface area contributed by atoms with Gasteiger partial charge in [-0.15, -0.1) is 0 Å². The molecular formula is C13H29N3O. The van der Waals surface area contributed by atoms with Crippen LogP contribution in [0.1, 0.15) is 26.7 Å². The van der Waals surface area contributed by atoms with Crippen LogP contribution in [0.3, 0.4) is 0 Å². The van der Waals surface area contributed by atoms with Crippen molar-refractivity contribution < 1.29 is 4.74 Å². The van der Waals surface area contributed by atoms with E-state index in [1.54, 1.807) is 7.11 Å². The van der Waals surface area contributed by atoms with Crippen LogP contribution in [0.4, 0.5) is 0 Å². The van der Waals surface area contributed by atoms with Crippen molar-refractivity contribution >= 4 is 0 Å². The lowest BCUT2D eigenvalue weighted by Crippen LogP contribution is -2.54. The minimum absolute atomic E-state index is 0.316. The van der Waals surface area contributed by atoms with Crippen LogP contribution in [0.5, 0.6) is 0 Å². The molecule has 0 aromatic carbocycles. The second-order valence-electron chi connectivity index (χ2n) is 5.40. The van der Waals surface area contributed by atoms with Crippen LogP contribution >= 0.6 is 0 Å². The van der Waals surface area contributed by atoms with Gasteiger partial charge in [0.05, 0.1) is 0 Å². The average Bonchev–Trinajstić information content (AvgIpc) is 2.35. The molecular weight excluding hydrogens is 214 g/mol. The summed E-state index contributed by atoms with van der Waals surface area (Å²) in [6.45, 7) is 12.3. The summed E-state index contributed by atoms with van der Waals surface area (Å²) in [5, 5.41) is 6.90. The predicted octanol–water partition coefficient (Wildman–Crippen LogP) is 0.686. The van der Waals surface area contributed by atoms with Crippen molar-refractivity contribution in [3.8, 4) is 0 Å². The Hall–Kier alpha value is -0.160. The molecule has 1 aliphatic rings. The predicted molar refractivity (Wildman–Crippen MR) is 72.5 cm³/mol. The highest BCUT2D eigenvalue weighted by Gasteiger charge is 2.26. The summed E-state index contributed by atoms with van der Waals surface area (Å²) in [4.78, 5) is 2.60. The third-order valence-electron chi connectivity index (χ3n) is 3.59. The molecule has 0 saturated carbocycles. The molecule has 0 aliphatic carbocycles. The van der Waals surface area contributed by atoms with Gasteiger partial charge in [0.2, 0.25) is 0 Å². The van der Waals surface area contributed by atoms with E-state index in [0.29, 0.717) is 5.54 Å². The van der Waals surface area contributed by atoms with Crippen LogP contribution in [0.25, 0.3) is 0 Å². The number of nitrogens with one attached hydrogen (secondary N) is 2. The number of hydrogen-bond donors (Lipinski definition) is 2. The molecule has 0 aromatic heterocycles. The van der Waals surface area contributed by atoms with E-state index >= 15 is 0 Å². The van der Waals surface area contributed by atoms with Crippen LogP contribution in [-0.2, 0) is 4.74 Å². The van der Waals surface area contributed by atoms with E-state index < -0.39 is 0 Å². The smallest absolute Gasteiger partial charge is 0.0474 e. The van der Waals surface area contributed by atoms with Crippen molar-refractivity contribution in [2.75, 3.05) is 53.0 Å². The standard InChI is InChI=1S/C13H29N3O/c1-13(2,16-10-8-15-9-11-16)5-7-14-6-4-12-17-3/h14-15H,4-12H2,1-3H3. The first-order valence-corrected chi connectivity index (χ1v) is 6.82. The molecule has 1 heterocycles. The maximum absolute atomic E-state index is 5.03. The van der Waals surface area contributed by atoms with Gasteiger partial charge in [0.1, 0.15) is 0 Å². The number of rotatable bonds is 8. The van der Waals surface area contributed by atoms with Crippen LogP contribution in [0.15, 0.2) is 0 Å². The highest BCUT2D eigenvalue weighted by Crippen LogP contribution is 2.18. The molecule has 2 N–H and O–H groups in total. The minimum atomic E-state index is 0.316. The first-order valence-electron chi connectivity index (χ1n) is 6.82. The Morgan fingerprint density at radius 3 is 2.59 bits per heavy atom. The van der Waals surface area contributed by atoms with Crippen molar-refractivity contribution in [3.05, 3.63) is 0 Å². The highest BCUT2D eigenvalue weighted by molar-refractivity contribution is 4.85. The van der Waals surface area contributed by atoms with Gasteiger partial charge in [0.25, 0.3) is 0 Å². The number of nitrogens with zero attached hydrogens (tertiary/aromatic N) is 1. The Morgan fingerprint density at radius 1 is 1.24 bits per heavy atom. The second kappa shape index (κ2) is 8.03. The van der Waals surface area contributed by atoms with Gasteiger partial charge in [0.15, 0.2) is 0 Å². The minimum Gasteiger partial charge on any atom is -0.385 e. The lowest BCUT2D eigenvalue weighted by Gasteiger charge is -2.41. The first-order chi connectivity index (χ1) is 8.17. The molecule has 1 saturated heterocycles. The van der Waals surface area contributed by atoms with Crippen LogP contribution < -0.4 is 10.6 Å². The van der Waals surface area contributed by atoms with Crippen LogP contribution in [0.2, 0.25) is 0 Å². The Labute approximate surface area is 106 Å². The van der Waals surface area contributed by atoms with Crippen molar-refractivity contribution in [1.29, 1.82) is 0 Å². The molecule has 4 heteroatoms. The number of hydrogen-bond acceptors (Lipinski definition) is 4. The van der Waals surface area contributed by atoms with Gasteiger partial charge >= 0.3 is 0 Å². The zero-order valence-electron chi connectivity index (χ0n) is 11.7. The first kappa shape index (κ1) is 14.9. The molecule has 1 aliphatic heterocycles. The van der Waals surface area contributed by atoms with Gasteiger partial charge in [-0.2, -0.15) is 0 Å². The maximum atomic E-state index is 5.03. The van der Waals surface area contributed by atoms with E-state index in [2.05, 4.69) is 29.4 Å². The lowest BCUT2D eigenvalue weighted by atomic mass is 9.97. The molecule has 0 radical (unpaired) electrons. The fourth-order valence-corrected chi connectivity index (χ4v) is 2.29. The summed E-state index contributed by atoms with van der Waals surface area (Å²) in [5.74, 6) is 0. The molecule has 0 aromatic rings. The third-order valence-corrected chi connectivity index (χ3v) is 3.59. The number of ether oxygens (including phenoxy) is 1. The van der Waals surface area contributed by atoms with E-state index in [4.69, 9.17) is 4.74 Å². The van der Waals surface area contributed by atoms with E-state index in [1.165, 1.54) is 19.5 Å². The van der Waals surface area contributed by atoms with Crippen LogP contribution in [0, 0.1) is 0 Å². The zero-order valence-corrected chi connectivity index (χ0v) is 11.7. The van der Waals surface area contributed by atoms with Gasteiger partial charge in [-0.3, -0.25) is 4.90 Å². The fraction of sp³-hybridized carbons (Fsp3) is 1.00. The highest BCUT2D eigenvalue weighted by atomic mass is 16.5. The summed E-state index contributed by atoms with van der Waals surface area (Å²) in [7, 11) is 1.76. The molecule has 0 spiro atoms. The molecule has 0 unspecified atom stereocenters. The Balaban J connectivity index is 2.10. The molecule has 17 heavy (non-hydrogen) atoms. The SMILES string of the molecule is COCCCNCCC(C)(C)N1CCNCC1. The molecule has 0 amide bonds. The van der Waals surface area contributed by atoms with Crippen LogP contribution in [-0.4, -0.2) is 63.4 Å². The van der Waals surface area contributed by atoms with E-state index in [1.807, 2.05) is 0 Å². The molecule has 4 nitrogen and oxygen atoms in total. The van der Waals surface area contributed by atoms with Crippen molar-refractivity contribution in [1.82, 2.24) is 15.5 Å². The summed E-state index contributed by atoms with van der Waals surface area (Å²) < 4.78 is 5.03. The Kier molecular flexibility index (Phi) is 7.04. The van der Waals surface area contributed by atoms with Crippen molar-refractivity contribution in [2.24, 2.45) is 0 Å². The van der Waals surface area contributed by atoms with E-state index in [-0.39, 0.29) is 0 Å². The normalized spacial score (nSPS) is 18.5. The largest absolute Gasteiger partial charge is 0.385 e. The van der Waals surface area contributed by atoms with Crippen molar-refractivity contribution in [3.63, 3.8) is 0 Å². The maximum Gasteiger partial charge on any atom is 0.0474 e. The number of piperazine rings is 1. The molecule has 1 fully saturated rings. The van der Waals surface area contributed by atoms with Crippen molar-refractivity contribution in [2.45, 2.75) is 32.2 Å². The number of methoxy groups -OCH3 is 1. The van der Waals surface area contributed by atoms with Gasteiger partial charge in [-0.05, 0) is 39.8 Å². The third kappa shape index (κ3) is 5.82. The van der Waals surface area contributed by atoms with E-state index in [0.717, 1.165) is 39.2 Å². The molecule has 0 bridgehead atoms.